The Bertz CT molecular complexity index is 573. The minimum absolute atomic E-state index is 0.762. The third-order valence-electron chi connectivity index (χ3n) is 4.54. The zero-order chi connectivity index (χ0) is 14.5. The third-order valence-corrected chi connectivity index (χ3v) is 5.54. The molecule has 112 valence electrons. The summed E-state index contributed by atoms with van der Waals surface area (Å²) < 4.78 is 0. The lowest BCUT2D eigenvalue weighted by Crippen LogP contribution is -2.34. The molecule has 2 heteroatoms. The number of benzene rings is 2. The van der Waals surface area contributed by atoms with Crippen LogP contribution in [0.3, 0.4) is 0 Å². The molecule has 1 saturated carbocycles. The molecule has 3 rings (SSSR count). The first-order valence-corrected chi connectivity index (χ1v) is 9.15. The molecule has 0 aliphatic heterocycles. The van der Waals surface area contributed by atoms with Gasteiger partial charge < -0.3 is 5.32 Å². The fraction of sp³-hybridized carbons (Fsp3) is 0.474. The van der Waals surface area contributed by atoms with Gasteiger partial charge in [-0.25, -0.2) is 0 Å². The van der Waals surface area contributed by atoms with Gasteiger partial charge in [-0.3, -0.25) is 0 Å². The number of hydrogen-bond acceptors (Lipinski definition) is 2. The molecule has 0 atom stereocenters. The lowest BCUT2D eigenvalue weighted by Gasteiger charge is -2.26. The molecule has 1 aliphatic rings. The van der Waals surface area contributed by atoms with Crippen molar-refractivity contribution in [2.75, 3.05) is 12.3 Å². The third kappa shape index (κ3) is 4.24. The number of fused-ring (bicyclic) bond motifs is 1. The van der Waals surface area contributed by atoms with Crippen molar-refractivity contribution in [3.8, 4) is 0 Å². The fourth-order valence-corrected chi connectivity index (χ4v) is 3.98. The largest absolute Gasteiger partial charge is 0.313 e. The van der Waals surface area contributed by atoms with Crippen LogP contribution in [0.4, 0.5) is 0 Å². The SMILES string of the molecule is CC1CCC(NCCSc2ccc3ccccc3c2)CC1. The number of hydrogen-bond donors (Lipinski definition) is 1. The summed E-state index contributed by atoms with van der Waals surface area (Å²) in [5.74, 6) is 2.10. The molecule has 1 N–H and O–H groups in total. The molecule has 0 heterocycles. The molecule has 0 unspecified atom stereocenters. The highest BCUT2D eigenvalue weighted by atomic mass is 32.2. The first-order chi connectivity index (χ1) is 10.3. The van der Waals surface area contributed by atoms with E-state index in [0.717, 1.165) is 24.3 Å². The van der Waals surface area contributed by atoms with Crippen molar-refractivity contribution in [2.45, 2.75) is 43.5 Å². The van der Waals surface area contributed by atoms with Crippen molar-refractivity contribution in [1.29, 1.82) is 0 Å². The monoisotopic (exact) mass is 299 g/mol. The van der Waals surface area contributed by atoms with Crippen molar-refractivity contribution in [2.24, 2.45) is 5.92 Å². The number of thioether (sulfide) groups is 1. The van der Waals surface area contributed by atoms with Gasteiger partial charge in [0.1, 0.15) is 0 Å². The molecule has 2 aromatic rings. The van der Waals surface area contributed by atoms with E-state index in [1.165, 1.54) is 41.4 Å². The van der Waals surface area contributed by atoms with Crippen LogP contribution in [-0.4, -0.2) is 18.3 Å². The summed E-state index contributed by atoms with van der Waals surface area (Å²) in [6.45, 7) is 3.50. The van der Waals surface area contributed by atoms with Gasteiger partial charge in [-0.15, -0.1) is 11.8 Å². The molecule has 0 amide bonds. The minimum atomic E-state index is 0.762. The molecule has 0 bridgehead atoms. The van der Waals surface area contributed by atoms with Gasteiger partial charge in [0.15, 0.2) is 0 Å². The van der Waals surface area contributed by atoms with E-state index in [9.17, 15) is 0 Å². The van der Waals surface area contributed by atoms with E-state index in [4.69, 9.17) is 0 Å². The van der Waals surface area contributed by atoms with Gasteiger partial charge in [-0.2, -0.15) is 0 Å². The van der Waals surface area contributed by atoms with Crippen LogP contribution in [0.15, 0.2) is 47.4 Å². The maximum Gasteiger partial charge on any atom is 0.0106 e. The molecule has 21 heavy (non-hydrogen) atoms. The van der Waals surface area contributed by atoms with E-state index >= 15 is 0 Å². The topological polar surface area (TPSA) is 12.0 Å². The van der Waals surface area contributed by atoms with Crippen molar-refractivity contribution in [3.63, 3.8) is 0 Å². The van der Waals surface area contributed by atoms with Gasteiger partial charge in [0, 0.05) is 23.2 Å². The number of rotatable bonds is 5. The van der Waals surface area contributed by atoms with E-state index in [1.54, 1.807) is 0 Å². The Hall–Kier alpha value is -0.990. The Kier molecular flexibility index (Phi) is 5.21. The molecule has 1 fully saturated rings. The van der Waals surface area contributed by atoms with Gasteiger partial charge in [-0.1, -0.05) is 37.3 Å². The van der Waals surface area contributed by atoms with Gasteiger partial charge in [0.2, 0.25) is 0 Å². The zero-order valence-electron chi connectivity index (χ0n) is 12.8. The Labute approximate surface area is 132 Å². The van der Waals surface area contributed by atoms with Crippen molar-refractivity contribution in [1.82, 2.24) is 5.32 Å². The summed E-state index contributed by atoms with van der Waals surface area (Å²) in [7, 11) is 0. The predicted octanol–water partition coefficient (Wildman–Crippen LogP) is 5.10. The maximum absolute atomic E-state index is 3.73. The second kappa shape index (κ2) is 7.33. The van der Waals surface area contributed by atoms with Crippen molar-refractivity contribution in [3.05, 3.63) is 42.5 Å². The standard InChI is InChI=1S/C19H25NS/c1-15-6-9-18(10-7-15)20-12-13-21-19-11-8-16-4-2-3-5-17(16)14-19/h2-5,8,11,14-15,18,20H,6-7,9-10,12-13H2,1H3. The Morgan fingerprint density at radius 1 is 1.00 bits per heavy atom. The maximum atomic E-state index is 3.73. The first kappa shape index (κ1) is 14.9. The van der Waals surface area contributed by atoms with Crippen molar-refractivity contribution < 1.29 is 0 Å². The molecule has 1 nitrogen and oxygen atoms in total. The second-order valence-corrected chi connectivity index (χ2v) is 7.44. The first-order valence-electron chi connectivity index (χ1n) is 8.16. The van der Waals surface area contributed by atoms with Gasteiger partial charge in [0.25, 0.3) is 0 Å². The van der Waals surface area contributed by atoms with Crippen LogP contribution in [0.5, 0.6) is 0 Å². The Morgan fingerprint density at radius 2 is 1.76 bits per heavy atom. The van der Waals surface area contributed by atoms with Crippen LogP contribution >= 0.6 is 11.8 Å². The highest BCUT2D eigenvalue weighted by Gasteiger charge is 2.16. The van der Waals surface area contributed by atoms with Crippen LogP contribution in [0, 0.1) is 5.92 Å². The summed E-state index contributed by atoms with van der Waals surface area (Å²) in [4.78, 5) is 1.38. The van der Waals surface area contributed by atoms with E-state index < -0.39 is 0 Å². The molecule has 0 aromatic heterocycles. The van der Waals surface area contributed by atoms with Gasteiger partial charge >= 0.3 is 0 Å². The highest BCUT2D eigenvalue weighted by molar-refractivity contribution is 7.99. The average Bonchev–Trinajstić information content (AvgIpc) is 2.53. The van der Waals surface area contributed by atoms with Crippen LogP contribution in [-0.2, 0) is 0 Å². The van der Waals surface area contributed by atoms with Crippen LogP contribution in [0.1, 0.15) is 32.6 Å². The van der Waals surface area contributed by atoms with Crippen LogP contribution in [0.2, 0.25) is 0 Å². The van der Waals surface area contributed by atoms with Crippen LogP contribution in [0.25, 0.3) is 10.8 Å². The van der Waals surface area contributed by atoms with Crippen molar-refractivity contribution >= 4 is 22.5 Å². The average molecular weight is 299 g/mol. The fourth-order valence-electron chi connectivity index (χ4n) is 3.15. The summed E-state index contributed by atoms with van der Waals surface area (Å²) >= 11 is 1.96. The molecule has 1 aliphatic carbocycles. The molecular formula is C19H25NS. The van der Waals surface area contributed by atoms with E-state index in [1.807, 2.05) is 11.8 Å². The summed E-state index contributed by atoms with van der Waals surface area (Å²) in [6.07, 6.45) is 5.52. The van der Waals surface area contributed by atoms with Gasteiger partial charge in [0.05, 0.1) is 0 Å². The Balaban J connectivity index is 1.44. The van der Waals surface area contributed by atoms with Crippen LogP contribution < -0.4 is 5.32 Å². The second-order valence-electron chi connectivity index (χ2n) is 6.27. The summed E-state index contributed by atoms with van der Waals surface area (Å²) in [5.41, 5.74) is 0. The normalized spacial score (nSPS) is 22.5. The summed E-state index contributed by atoms with van der Waals surface area (Å²) in [5, 5.41) is 6.40. The minimum Gasteiger partial charge on any atom is -0.313 e. The summed E-state index contributed by atoms with van der Waals surface area (Å²) in [6, 6.07) is 16.1. The lowest BCUT2D eigenvalue weighted by atomic mass is 9.87. The zero-order valence-corrected chi connectivity index (χ0v) is 13.7. The quantitative estimate of drug-likeness (QED) is 0.609. The molecule has 0 saturated heterocycles. The molecule has 0 radical (unpaired) electrons. The Morgan fingerprint density at radius 3 is 2.57 bits per heavy atom. The van der Waals surface area contributed by atoms with E-state index in [0.29, 0.717) is 0 Å². The highest BCUT2D eigenvalue weighted by Crippen LogP contribution is 2.25. The lowest BCUT2D eigenvalue weighted by molar-refractivity contribution is 0.312. The number of nitrogens with one attached hydrogen (secondary N) is 1. The molecular weight excluding hydrogens is 274 g/mol. The van der Waals surface area contributed by atoms with E-state index in [2.05, 4.69) is 54.7 Å². The molecule has 2 aromatic carbocycles. The van der Waals surface area contributed by atoms with Gasteiger partial charge in [-0.05, 0) is 54.5 Å². The van der Waals surface area contributed by atoms with E-state index in [-0.39, 0.29) is 0 Å². The smallest absolute Gasteiger partial charge is 0.0106 e. The molecule has 0 spiro atoms. The predicted molar refractivity (Wildman–Crippen MR) is 94.1 cm³/mol.